The lowest BCUT2D eigenvalue weighted by Gasteiger charge is -2.33. The van der Waals surface area contributed by atoms with E-state index in [0.717, 1.165) is 11.3 Å². The normalized spacial score (nSPS) is 16.4. The van der Waals surface area contributed by atoms with Gasteiger partial charge in [0.1, 0.15) is 11.6 Å². The van der Waals surface area contributed by atoms with Crippen LogP contribution in [-0.2, 0) is 12.5 Å². The molecule has 1 N–H and O–H groups in total. The van der Waals surface area contributed by atoms with E-state index in [1.54, 1.807) is 66.9 Å². The first-order chi connectivity index (χ1) is 18.0. The molecule has 1 atom stereocenters. The molecule has 4 heterocycles. The Bertz CT molecular complexity index is 1790. The lowest BCUT2D eigenvalue weighted by molar-refractivity contribution is 0.386. The number of aryl methyl sites for hydroxylation is 3. The molecule has 0 saturated carbocycles. The Labute approximate surface area is 230 Å². The summed E-state index contributed by atoms with van der Waals surface area (Å²) in [5, 5.41) is 13.0. The van der Waals surface area contributed by atoms with Crippen LogP contribution in [0.3, 0.4) is 0 Å². The van der Waals surface area contributed by atoms with Crippen molar-refractivity contribution in [1.82, 2.24) is 34.0 Å². The number of hydrogen-bond acceptors (Lipinski definition) is 4. The maximum Gasteiger partial charge on any atom is 0.338 e. The minimum atomic E-state index is -0.521. The summed E-state index contributed by atoms with van der Waals surface area (Å²) >= 11 is 0. The molecule has 0 unspecified atom stereocenters. The highest BCUT2D eigenvalue weighted by Gasteiger charge is 2.38. The molecule has 204 valence electrons. The van der Waals surface area contributed by atoms with Gasteiger partial charge in [-0.05, 0) is 56.2 Å². The van der Waals surface area contributed by atoms with Gasteiger partial charge in [0, 0.05) is 43.0 Å². The fourth-order valence-electron chi connectivity index (χ4n) is 5.46. The molecule has 0 amide bonds. The number of benzene rings is 2. The summed E-state index contributed by atoms with van der Waals surface area (Å²) in [6.45, 7) is 10.4. The monoisotopic (exact) mass is 553 g/mol. The fourth-order valence-corrected chi connectivity index (χ4v) is 5.46. The summed E-state index contributed by atoms with van der Waals surface area (Å²) < 4.78 is 36.1. The number of nitrogens with one attached hydrogen (secondary N) is 1. The van der Waals surface area contributed by atoms with Crippen molar-refractivity contribution in [2.45, 2.75) is 46.1 Å². The number of imidazole rings is 1. The molecular formula is C28H30ClF2N7O. The molecule has 1 aliphatic rings. The highest BCUT2D eigenvalue weighted by molar-refractivity contribution is 5.85. The summed E-state index contributed by atoms with van der Waals surface area (Å²) in [6, 6.07) is 6.69. The molecule has 0 radical (unpaired) electrons. The summed E-state index contributed by atoms with van der Waals surface area (Å²) in [5.74, 6) is -0.246. The van der Waals surface area contributed by atoms with Crippen LogP contribution in [0.2, 0.25) is 0 Å². The van der Waals surface area contributed by atoms with Crippen LogP contribution < -0.4 is 11.0 Å². The third-order valence-corrected chi connectivity index (χ3v) is 7.60. The molecule has 3 aromatic heterocycles. The van der Waals surface area contributed by atoms with Crippen molar-refractivity contribution in [3.8, 4) is 17.2 Å². The van der Waals surface area contributed by atoms with Crippen LogP contribution in [0.4, 0.5) is 8.78 Å². The topological polar surface area (TPSA) is 74.6 Å². The molecule has 8 nitrogen and oxygen atoms in total. The van der Waals surface area contributed by atoms with E-state index in [4.69, 9.17) is 5.10 Å². The summed E-state index contributed by atoms with van der Waals surface area (Å²) in [4.78, 5) is 13.9. The first-order valence-electron chi connectivity index (χ1n) is 12.5. The molecular weight excluding hydrogens is 524 g/mol. The Kier molecular flexibility index (Phi) is 6.31. The molecule has 39 heavy (non-hydrogen) atoms. The second kappa shape index (κ2) is 9.17. The molecule has 0 bridgehead atoms. The molecule has 0 aliphatic carbocycles. The average Bonchev–Trinajstić information content (AvgIpc) is 3.56. The fraction of sp³-hybridized carbons (Fsp3) is 0.321. The van der Waals surface area contributed by atoms with E-state index in [2.05, 4.69) is 24.3 Å². The lowest BCUT2D eigenvalue weighted by atomic mass is 9.81. The Morgan fingerprint density at radius 2 is 1.72 bits per heavy atom. The average molecular weight is 554 g/mol. The Balaban J connectivity index is 0.00000308. The smallest absolute Gasteiger partial charge is 0.309 e. The standard InChI is InChI=1S/C28H29F2N7O.ClH/c1-15-11-18(12-16(2)23(15)29)37-26(22-17(3)31-14-28(4,5)25(22)33-37)36-10-9-35(27(36)38)21-8-7-20-19(24(21)30)13-32-34(20)6;/h7-13,17,31H,14H2,1-6H3;1H/t17-;/m0./s1. The Morgan fingerprint density at radius 3 is 2.41 bits per heavy atom. The van der Waals surface area contributed by atoms with Crippen LogP contribution in [0.5, 0.6) is 0 Å². The van der Waals surface area contributed by atoms with E-state index >= 15 is 4.39 Å². The van der Waals surface area contributed by atoms with Crippen molar-refractivity contribution in [1.29, 1.82) is 0 Å². The lowest BCUT2D eigenvalue weighted by Crippen LogP contribution is -2.41. The number of fused-ring (bicyclic) bond motifs is 2. The first-order valence-corrected chi connectivity index (χ1v) is 12.5. The zero-order chi connectivity index (χ0) is 27.1. The molecule has 11 heteroatoms. The van der Waals surface area contributed by atoms with Gasteiger partial charge < -0.3 is 5.32 Å². The molecule has 1 aliphatic heterocycles. The van der Waals surface area contributed by atoms with Gasteiger partial charge in [0.15, 0.2) is 5.82 Å². The van der Waals surface area contributed by atoms with E-state index in [9.17, 15) is 9.18 Å². The molecule has 0 spiro atoms. The Hall–Kier alpha value is -3.76. The molecule has 2 aromatic carbocycles. The van der Waals surface area contributed by atoms with E-state index in [-0.39, 0.29) is 35.4 Å². The van der Waals surface area contributed by atoms with Gasteiger partial charge in [-0.2, -0.15) is 10.2 Å². The van der Waals surface area contributed by atoms with Crippen LogP contribution in [-0.4, -0.2) is 35.2 Å². The SMILES string of the molecule is Cc1cc(-n2nc3c(c2-n2ccn(-c4ccc5c(cnn5C)c4F)c2=O)[C@H](C)NCC3(C)C)cc(C)c1F.Cl. The van der Waals surface area contributed by atoms with Gasteiger partial charge in [-0.1, -0.05) is 13.8 Å². The predicted molar refractivity (Wildman–Crippen MR) is 149 cm³/mol. The van der Waals surface area contributed by atoms with Gasteiger partial charge in [-0.3, -0.25) is 13.8 Å². The van der Waals surface area contributed by atoms with E-state index in [0.29, 0.717) is 40.1 Å². The second-order valence-corrected chi connectivity index (χ2v) is 10.8. The van der Waals surface area contributed by atoms with Crippen LogP contribution >= 0.6 is 12.4 Å². The molecule has 0 fully saturated rings. The van der Waals surface area contributed by atoms with E-state index in [1.807, 2.05) is 6.92 Å². The van der Waals surface area contributed by atoms with Crippen molar-refractivity contribution in [3.05, 3.63) is 87.4 Å². The van der Waals surface area contributed by atoms with Gasteiger partial charge >= 0.3 is 5.69 Å². The van der Waals surface area contributed by atoms with Crippen LogP contribution in [0.1, 0.15) is 49.2 Å². The van der Waals surface area contributed by atoms with Crippen molar-refractivity contribution in [2.24, 2.45) is 7.05 Å². The minimum absolute atomic E-state index is 0. The highest BCUT2D eigenvalue weighted by atomic mass is 35.5. The van der Waals surface area contributed by atoms with Gasteiger partial charge in [0.25, 0.3) is 0 Å². The van der Waals surface area contributed by atoms with Gasteiger partial charge in [-0.25, -0.2) is 18.3 Å². The molecule has 0 saturated heterocycles. The van der Waals surface area contributed by atoms with Crippen molar-refractivity contribution >= 4 is 23.3 Å². The Morgan fingerprint density at radius 1 is 1.05 bits per heavy atom. The number of nitrogens with zero attached hydrogens (tertiary/aromatic N) is 6. The number of rotatable bonds is 3. The molecule has 6 rings (SSSR count). The van der Waals surface area contributed by atoms with Gasteiger partial charge in [-0.15, -0.1) is 12.4 Å². The maximum absolute atomic E-state index is 15.5. The van der Waals surface area contributed by atoms with Crippen molar-refractivity contribution in [3.63, 3.8) is 0 Å². The summed E-state index contributed by atoms with van der Waals surface area (Å²) in [7, 11) is 1.74. The van der Waals surface area contributed by atoms with Gasteiger partial charge in [0.05, 0.1) is 34.2 Å². The van der Waals surface area contributed by atoms with Crippen LogP contribution in [0.15, 0.2) is 47.7 Å². The van der Waals surface area contributed by atoms with Gasteiger partial charge in [0.2, 0.25) is 0 Å². The largest absolute Gasteiger partial charge is 0.338 e. The summed E-state index contributed by atoms with van der Waals surface area (Å²) in [5.41, 5.74) is 3.38. The summed E-state index contributed by atoms with van der Waals surface area (Å²) in [6.07, 6.45) is 4.64. The quantitative estimate of drug-likeness (QED) is 0.343. The van der Waals surface area contributed by atoms with E-state index in [1.165, 1.54) is 15.3 Å². The minimum Gasteiger partial charge on any atom is -0.309 e. The highest BCUT2D eigenvalue weighted by Crippen LogP contribution is 2.38. The third kappa shape index (κ3) is 3.92. The number of halogens is 3. The first kappa shape index (κ1) is 26.8. The molecule has 5 aromatic rings. The third-order valence-electron chi connectivity index (χ3n) is 7.60. The number of aromatic nitrogens is 6. The zero-order valence-corrected chi connectivity index (χ0v) is 23.4. The predicted octanol–water partition coefficient (Wildman–Crippen LogP) is 4.96. The van der Waals surface area contributed by atoms with Crippen molar-refractivity contribution < 1.29 is 8.78 Å². The maximum atomic E-state index is 15.5. The van der Waals surface area contributed by atoms with Crippen LogP contribution in [0, 0.1) is 25.5 Å². The van der Waals surface area contributed by atoms with Crippen molar-refractivity contribution in [2.75, 3.05) is 6.54 Å². The second-order valence-electron chi connectivity index (χ2n) is 10.8. The van der Waals surface area contributed by atoms with Crippen LogP contribution in [0.25, 0.3) is 28.1 Å². The zero-order valence-electron chi connectivity index (χ0n) is 22.6. The number of hydrogen-bond donors (Lipinski definition) is 1. The van der Waals surface area contributed by atoms with E-state index < -0.39 is 11.5 Å².